The molecular weight excluding hydrogens is 332 g/mol. The van der Waals surface area contributed by atoms with Gasteiger partial charge in [-0.1, -0.05) is 15.9 Å². The molecule has 1 amide bonds. The van der Waals surface area contributed by atoms with E-state index in [9.17, 15) is 4.79 Å². The summed E-state index contributed by atoms with van der Waals surface area (Å²) in [6, 6.07) is 5.38. The van der Waals surface area contributed by atoms with Crippen molar-refractivity contribution in [3.05, 3.63) is 44.3 Å². The Balaban J connectivity index is 2.06. The van der Waals surface area contributed by atoms with Gasteiger partial charge in [-0.3, -0.25) is 4.79 Å². The molecular formula is C12H11BrN2OS2. The summed E-state index contributed by atoms with van der Waals surface area (Å²) in [6.45, 7) is 2.43. The number of nitrogens with zero attached hydrogens (tertiary/aromatic N) is 1. The van der Waals surface area contributed by atoms with Crippen LogP contribution in [0.5, 0.6) is 0 Å². The summed E-state index contributed by atoms with van der Waals surface area (Å²) in [5.41, 5.74) is 3.31. The third-order valence-electron chi connectivity index (χ3n) is 2.46. The van der Waals surface area contributed by atoms with E-state index in [0.717, 1.165) is 15.0 Å². The van der Waals surface area contributed by atoms with Crippen LogP contribution >= 0.6 is 39.9 Å². The Morgan fingerprint density at radius 1 is 1.56 bits per heavy atom. The molecule has 0 unspecified atom stereocenters. The van der Waals surface area contributed by atoms with Crippen molar-refractivity contribution in [2.45, 2.75) is 18.4 Å². The second-order valence-electron chi connectivity index (χ2n) is 3.71. The van der Waals surface area contributed by atoms with E-state index in [2.05, 4.69) is 38.9 Å². The summed E-state index contributed by atoms with van der Waals surface area (Å²) in [4.78, 5) is 17.9. The van der Waals surface area contributed by atoms with Crippen molar-refractivity contribution in [1.29, 1.82) is 0 Å². The van der Waals surface area contributed by atoms with Gasteiger partial charge in [-0.05, 0) is 25.1 Å². The molecule has 0 aliphatic rings. The molecule has 0 saturated heterocycles. The van der Waals surface area contributed by atoms with Gasteiger partial charge in [0.1, 0.15) is 0 Å². The predicted octanol–water partition coefficient (Wildman–Crippen LogP) is 3.43. The second kappa shape index (κ2) is 5.86. The maximum atomic E-state index is 12.0. The van der Waals surface area contributed by atoms with E-state index in [1.807, 2.05) is 13.0 Å². The molecule has 1 aromatic carbocycles. The normalized spacial score (nSPS) is 10.4. The summed E-state index contributed by atoms with van der Waals surface area (Å²) in [5, 5.41) is 2.87. The fourth-order valence-electron chi connectivity index (χ4n) is 1.45. The number of rotatable bonds is 3. The summed E-state index contributed by atoms with van der Waals surface area (Å²) in [5.74, 6) is -0.125. The van der Waals surface area contributed by atoms with Gasteiger partial charge in [0.2, 0.25) is 0 Å². The molecule has 2 rings (SSSR count). The van der Waals surface area contributed by atoms with Crippen LogP contribution in [-0.2, 0) is 6.54 Å². The number of hydrogen-bond donors (Lipinski definition) is 2. The van der Waals surface area contributed by atoms with E-state index in [4.69, 9.17) is 0 Å². The number of carbonyl (C=O) groups is 1. The average Bonchev–Trinajstić information content (AvgIpc) is 2.72. The molecule has 1 aromatic heterocycles. The molecule has 94 valence electrons. The number of thiol groups is 1. The molecule has 0 aliphatic carbocycles. The molecule has 3 nitrogen and oxygen atoms in total. The summed E-state index contributed by atoms with van der Waals surface area (Å²) < 4.78 is 0.905. The predicted molar refractivity (Wildman–Crippen MR) is 79.4 cm³/mol. The lowest BCUT2D eigenvalue weighted by atomic mass is 10.2. The van der Waals surface area contributed by atoms with E-state index in [1.165, 1.54) is 0 Å². The first-order chi connectivity index (χ1) is 8.58. The fraction of sp³-hybridized carbons (Fsp3) is 0.167. The molecule has 0 bridgehead atoms. The van der Waals surface area contributed by atoms with Crippen LogP contribution in [-0.4, -0.2) is 10.9 Å². The highest BCUT2D eigenvalue weighted by Gasteiger charge is 2.10. The minimum atomic E-state index is -0.125. The monoisotopic (exact) mass is 342 g/mol. The third kappa shape index (κ3) is 3.13. The Morgan fingerprint density at radius 2 is 2.33 bits per heavy atom. The van der Waals surface area contributed by atoms with Crippen molar-refractivity contribution < 1.29 is 4.79 Å². The van der Waals surface area contributed by atoms with E-state index < -0.39 is 0 Å². The Bertz CT molecular complexity index is 583. The van der Waals surface area contributed by atoms with Gasteiger partial charge in [0.05, 0.1) is 23.3 Å². The number of hydrogen-bond acceptors (Lipinski definition) is 4. The van der Waals surface area contributed by atoms with Gasteiger partial charge >= 0.3 is 0 Å². The minimum absolute atomic E-state index is 0.125. The molecule has 0 spiro atoms. The van der Waals surface area contributed by atoms with Crippen molar-refractivity contribution in [2.24, 2.45) is 0 Å². The lowest BCUT2D eigenvalue weighted by Crippen LogP contribution is -2.23. The van der Waals surface area contributed by atoms with Crippen LogP contribution in [0.3, 0.4) is 0 Å². The highest BCUT2D eigenvalue weighted by molar-refractivity contribution is 9.10. The first-order valence-corrected chi connectivity index (χ1v) is 7.35. The van der Waals surface area contributed by atoms with Crippen LogP contribution < -0.4 is 5.32 Å². The molecule has 0 aliphatic heterocycles. The molecule has 2 aromatic rings. The Hall–Kier alpha value is -0.850. The minimum Gasteiger partial charge on any atom is -0.347 e. The number of thiazole rings is 1. The lowest BCUT2D eigenvalue weighted by molar-refractivity contribution is 0.0948. The van der Waals surface area contributed by atoms with E-state index >= 15 is 0 Å². The summed E-state index contributed by atoms with van der Waals surface area (Å²) >= 11 is 9.17. The molecule has 0 atom stereocenters. The molecule has 0 fully saturated rings. The summed E-state index contributed by atoms with van der Waals surface area (Å²) in [7, 11) is 0. The van der Waals surface area contributed by atoms with Gasteiger partial charge in [0, 0.05) is 14.2 Å². The van der Waals surface area contributed by atoms with Crippen LogP contribution in [0.1, 0.15) is 20.9 Å². The van der Waals surface area contributed by atoms with Crippen LogP contribution in [0.2, 0.25) is 0 Å². The van der Waals surface area contributed by atoms with Crippen molar-refractivity contribution in [1.82, 2.24) is 10.3 Å². The van der Waals surface area contributed by atoms with Crippen LogP contribution in [0, 0.1) is 6.92 Å². The Labute approximate surface area is 123 Å². The maximum absolute atomic E-state index is 12.0. The zero-order valence-electron chi connectivity index (χ0n) is 9.61. The quantitative estimate of drug-likeness (QED) is 0.839. The number of benzene rings is 1. The molecule has 6 heteroatoms. The van der Waals surface area contributed by atoms with E-state index in [1.54, 1.807) is 29.0 Å². The van der Waals surface area contributed by atoms with Crippen LogP contribution in [0.4, 0.5) is 0 Å². The zero-order valence-corrected chi connectivity index (χ0v) is 12.9. The number of carbonyl (C=O) groups excluding carboxylic acids is 1. The number of amides is 1. The van der Waals surface area contributed by atoms with Crippen molar-refractivity contribution in [3.63, 3.8) is 0 Å². The maximum Gasteiger partial charge on any atom is 0.252 e. The molecule has 1 N–H and O–H groups in total. The Morgan fingerprint density at radius 3 is 2.94 bits per heavy atom. The molecule has 18 heavy (non-hydrogen) atoms. The number of halogens is 1. The lowest BCUT2D eigenvalue weighted by Gasteiger charge is -2.07. The van der Waals surface area contributed by atoms with Crippen molar-refractivity contribution in [3.8, 4) is 0 Å². The topological polar surface area (TPSA) is 42.0 Å². The third-order valence-corrected chi connectivity index (χ3v) is 4.26. The number of nitrogens with one attached hydrogen (secondary N) is 1. The Kier molecular flexibility index (Phi) is 4.42. The number of aromatic nitrogens is 1. The van der Waals surface area contributed by atoms with Crippen LogP contribution in [0.25, 0.3) is 0 Å². The molecule has 1 heterocycles. The zero-order chi connectivity index (χ0) is 13.1. The van der Waals surface area contributed by atoms with Gasteiger partial charge in [-0.25, -0.2) is 4.98 Å². The highest BCUT2D eigenvalue weighted by atomic mass is 79.9. The second-order valence-corrected chi connectivity index (χ2v) is 6.04. The van der Waals surface area contributed by atoms with Crippen LogP contribution in [0.15, 0.2) is 33.1 Å². The standard InChI is InChI=1S/C12H11BrN2OS2/c1-7-11(18-6-15-7)5-14-12(16)9-3-2-8(13)4-10(9)17/h2-4,6,17H,5H2,1H3,(H,14,16). The van der Waals surface area contributed by atoms with Crippen molar-refractivity contribution >= 4 is 45.8 Å². The summed E-state index contributed by atoms with van der Waals surface area (Å²) in [6.07, 6.45) is 0. The molecule has 0 radical (unpaired) electrons. The highest BCUT2D eigenvalue weighted by Crippen LogP contribution is 2.20. The van der Waals surface area contributed by atoms with Gasteiger partial charge in [-0.2, -0.15) is 0 Å². The van der Waals surface area contributed by atoms with Gasteiger partial charge in [0.15, 0.2) is 0 Å². The SMILES string of the molecule is Cc1ncsc1CNC(=O)c1ccc(Br)cc1S. The first-order valence-electron chi connectivity index (χ1n) is 5.23. The molecule has 0 saturated carbocycles. The smallest absolute Gasteiger partial charge is 0.252 e. The van der Waals surface area contributed by atoms with E-state index in [0.29, 0.717) is 17.0 Å². The van der Waals surface area contributed by atoms with Crippen molar-refractivity contribution in [2.75, 3.05) is 0 Å². The average molecular weight is 343 g/mol. The van der Waals surface area contributed by atoms with E-state index in [-0.39, 0.29) is 5.91 Å². The number of aryl methyl sites for hydroxylation is 1. The van der Waals surface area contributed by atoms with Gasteiger partial charge in [-0.15, -0.1) is 24.0 Å². The van der Waals surface area contributed by atoms with Gasteiger partial charge in [0.25, 0.3) is 5.91 Å². The first kappa shape index (κ1) is 13.6. The fourth-order valence-corrected chi connectivity index (χ4v) is 3.02. The van der Waals surface area contributed by atoms with Gasteiger partial charge < -0.3 is 5.32 Å². The largest absolute Gasteiger partial charge is 0.347 e.